The smallest absolute Gasteiger partial charge is 0.408 e. The van der Waals surface area contributed by atoms with E-state index in [0.29, 0.717) is 52.8 Å². The Hall–Kier alpha value is -5.19. The molecule has 4 N–H and O–H groups in total. The van der Waals surface area contributed by atoms with E-state index in [2.05, 4.69) is 15.7 Å². The monoisotopic (exact) mass is 822 g/mol. The van der Waals surface area contributed by atoms with Crippen molar-refractivity contribution in [2.75, 3.05) is 37.7 Å². The number of fused-ring (bicyclic) bond motifs is 1. The lowest BCUT2D eigenvalue weighted by Gasteiger charge is -2.38. The van der Waals surface area contributed by atoms with Crippen molar-refractivity contribution in [2.24, 2.45) is 5.41 Å². The highest BCUT2D eigenvalue weighted by Gasteiger charge is 2.37. The van der Waals surface area contributed by atoms with Crippen LogP contribution in [0, 0.1) is 5.41 Å². The van der Waals surface area contributed by atoms with Gasteiger partial charge in [-0.15, -0.1) is 0 Å². The minimum atomic E-state index is -4.53. The number of amides is 2. The van der Waals surface area contributed by atoms with Crippen LogP contribution in [0.5, 0.6) is 0 Å². The number of carbonyl (C=O) groups excluding carboxylic acids is 2. The van der Waals surface area contributed by atoms with Gasteiger partial charge in [0.1, 0.15) is 25.2 Å². The summed E-state index contributed by atoms with van der Waals surface area (Å²) in [5.74, 6) is -1.72. The maximum atomic E-state index is 14.4. The Morgan fingerprint density at radius 2 is 1.83 bits per heavy atom. The second-order valence-corrected chi connectivity index (χ2v) is 16.4. The molecule has 2 aliphatic heterocycles. The lowest BCUT2D eigenvalue weighted by atomic mass is 9.84. The fourth-order valence-corrected chi connectivity index (χ4v) is 7.85. The second-order valence-electron chi connectivity index (χ2n) is 16.4. The topological polar surface area (TPSA) is 158 Å². The SMILES string of the molecule is CC(C)c1ncccc1-c1c(CC(C)(C)CO)c2cc(N3CCO[C@@H](C[C@H](NC(=O)OCc4ccccc4)C(=O)N4CCC[C@@H](C(=O)O)N4)C3)ccc2n1CC(F)(F)F. The number of hydrogen-bond donors (Lipinski definition) is 4. The van der Waals surface area contributed by atoms with Gasteiger partial charge in [-0.2, -0.15) is 13.2 Å². The number of halogens is 3. The van der Waals surface area contributed by atoms with Gasteiger partial charge in [-0.3, -0.25) is 19.6 Å². The second kappa shape index (κ2) is 18.4. The number of rotatable bonds is 14. The number of hydrazine groups is 1. The van der Waals surface area contributed by atoms with Gasteiger partial charge in [-0.25, -0.2) is 10.2 Å². The average Bonchev–Trinajstić information content (AvgIpc) is 3.49. The fraction of sp³-hybridized carbons (Fsp3) is 0.488. The van der Waals surface area contributed by atoms with Crippen LogP contribution in [-0.2, 0) is 38.6 Å². The molecule has 6 rings (SSSR count). The van der Waals surface area contributed by atoms with Crippen LogP contribution >= 0.6 is 0 Å². The number of morpholine rings is 1. The first-order chi connectivity index (χ1) is 28.0. The zero-order valence-corrected chi connectivity index (χ0v) is 33.8. The van der Waals surface area contributed by atoms with Crippen molar-refractivity contribution >= 4 is 34.6 Å². The van der Waals surface area contributed by atoms with Crippen molar-refractivity contribution in [3.8, 4) is 11.3 Å². The van der Waals surface area contributed by atoms with E-state index < -0.39 is 54.3 Å². The first-order valence-corrected chi connectivity index (χ1v) is 20.0. The molecule has 0 aliphatic carbocycles. The van der Waals surface area contributed by atoms with E-state index in [0.717, 1.165) is 11.3 Å². The van der Waals surface area contributed by atoms with Gasteiger partial charge in [0.25, 0.3) is 5.91 Å². The summed E-state index contributed by atoms with van der Waals surface area (Å²) >= 11 is 0. The standard InChI is InChI=1S/C43H53F3N6O7/c1-27(2)37-31(12-8-16-47-37)38-33(22-42(3,4)26-53)32-20-29(14-15-36(32)51(38)25-43(44,45)46)50-18-19-58-30(23-50)21-35(39(54)52-17-9-13-34(49-52)40(55)56)48-41(57)59-24-28-10-6-5-7-11-28/h5-8,10-12,14-16,20,27,30,34-35,49,53H,9,13,17-19,21-26H2,1-4H3,(H,48,57)(H,55,56)/t30-,34-,35-/m0/s1. The largest absolute Gasteiger partial charge is 0.480 e. The molecule has 318 valence electrons. The van der Waals surface area contributed by atoms with Crippen molar-refractivity contribution in [2.45, 2.75) is 96.8 Å². The molecule has 2 fully saturated rings. The third-order valence-electron chi connectivity index (χ3n) is 10.8. The van der Waals surface area contributed by atoms with E-state index in [4.69, 9.17) is 9.47 Å². The molecule has 4 aromatic rings. The highest BCUT2D eigenvalue weighted by atomic mass is 19.4. The van der Waals surface area contributed by atoms with Gasteiger partial charge in [-0.1, -0.05) is 58.0 Å². The van der Waals surface area contributed by atoms with Crippen molar-refractivity contribution < 1.29 is 47.2 Å². The van der Waals surface area contributed by atoms with E-state index in [9.17, 15) is 37.8 Å². The summed E-state index contributed by atoms with van der Waals surface area (Å²) in [5, 5.41) is 24.5. The summed E-state index contributed by atoms with van der Waals surface area (Å²) < 4.78 is 56.1. The number of alkyl carbamates (subject to hydrolysis) is 1. The molecule has 13 nitrogen and oxygen atoms in total. The summed E-state index contributed by atoms with van der Waals surface area (Å²) in [4.78, 5) is 45.5. The van der Waals surface area contributed by atoms with Gasteiger partial charge in [0.2, 0.25) is 0 Å². The van der Waals surface area contributed by atoms with Gasteiger partial charge in [-0.05, 0) is 72.1 Å². The van der Waals surface area contributed by atoms with Crippen molar-refractivity contribution in [1.82, 2.24) is 25.3 Å². The number of carboxylic acids is 1. The number of anilines is 1. The summed E-state index contributed by atoms with van der Waals surface area (Å²) in [5.41, 5.74) is 6.31. The van der Waals surface area contributed by atoms with E-state index in [1.54, 1.807) is 42.6 Å². The van der Waals surface area contributed by atoms with Crippen molar-refractivity contribution in [3.05, 3.63) is 83.7 Å². The number of carboxylic acid groups (broad SMARTS) is 1. The highest BCUT2D eigenvalue weighted by molar-refractivity contribution is 5.95. The molecule has 16 heteroatoms. The molecule has 0 unspecified atom stereocenters. The maximum absolute atomic E-state index is 14.4. The molecule has 3 atom stereocenters. The molecule has 0 saturated carbocycles. The number of hydrogen-bond acceptors (Lipinski definition) is 9. The third kappa shape index (κ3) is 10.7. The molecule has 0 radical (unpaired) electrons. The first-order valence-electron chi connectivity index (χ1n) is 20.0. The van der Waals surface area contributed by atoms with Crippen LogP contribution in [0.25, 0.3) is 22.2 Å². The molecular formula is C43H53F3N6O7. The summed E-state index contributed by atoms with van der Waals surface area (Å²) in [6.07, 6.45) is -3.23. The number of ether oxygens (including phenoxy) is 2. The number of aliphatic carboxylic acids is 1. The van der Waals surface area contributed by atoms with Crippen LogP contribution in [0.1, 0.15) is 69.7 Å². The Balaban J connectivity index is 1.32. The van der Waals surface area contributed by atoms with Crippen LogP contribution < -0.4 is 15.6 Å². The molecule has 2 aliphatic rings. The van der Waals surface area contributed by atoms with Gasteiger partial charge >= 0.3 is 18.2 Å². The number of aliphatic hydroxyl groups is 1. The molecule has 2 saturated heterocycles. The minimum Gasteiger partial charge on any atom is -0.480 e. The predicted molar refractivity (Wildman–Crippen MR) is 216 cm³/mol. The number of nitrogens with zero attached hydrogens (tertiary/aromatic N) is 4. The lowest BCUT2D eigenvalue weighted by molar-refractivity contribution is -0.148. The maximum Gasteiger partial charge on any atom is 0.408 e. The minimum absolute atomic E-state index is 0.0228. The van der Waals surface area contributed by atoms with Crippen LogP contribution in [0.2, 0.25) is 0 Å². The van der Waals surface area contributed by atoms with Gasteiger partial charge in [0, 0.05) is 61.0 Å². The molecule has 0 spiro atoms. The average molecular weight is 823 g/mol. The quantitative estimate of drug-likeness (QED) is 0.112. The number of pyridine rings is 1. The van der Waals surface area contributed by atoms with Crippen LogP contribution in [-0.4, -0.2) is 100.0 Å². The Labute approximate surface area is 341 Å². The molecule has 59 heavy (non-hydrogen) atoms. The van der Waals surface area contributed by atoms with Crippen LogP contribution in [0.15, 0.2) is 66.9 Å². The van der Waals surface area contributed by atoms with E-state index in [1.165, 1.54) is 9.58 Å². The zero-order valence-electron chi connectivity index (χ0n) is 33.8. The number of alkyl halides is 3. The fourth-order valence-electron chi connectivity index (χ4n) is 7.85. The number of carbonyl (C=O) groups is 3. The van der Waals surface area contributed by atoms with E-state index in [1.807, 2.05) is 56.9 Å². The predicted octanol–water partition coefficient (Wildman–Crippen LogP) is 6.42. The Bertz CT molecular complexity index is 2110. The number of benzene rings is 2. The Morgan fingerprint density at radius 1 is 1.07 bits per heavy atom. The normalized spacial score (nSPS) is 18.3. The Morgan fingerprint density at radius 3 is 2.53 bits per heavy atom. The number of aliphatic hydroxyl groups excluding tert-OH is 1. The van der Waals surface area contributed by atoms with Crippen molar-refractivity contribution in [3.63, 3.8) is 0 Å². The van der Waals surface area contributed by atoms with E-state index in [-0.39, 0.29) is 51.7 Å². The number of aromatic nitrogens is 2. The highest BCUT2D eigenvalue weighted by Crippen LogP contribution is 2.42. The molecule has 4 heterocycles. The molecule has 2 amide bonds. The van der Waals surface area contributed by atoms with E-state index >= 15 is 0 Å². The molecule has 2 aromatic carbocycles. The first kappa shape index (κ1) is 43.4. The molecule has 0 bridgehead atoms. The third-order valence-corrected chi connectivity index (χ3v) is 10.8. The summed E-state index contributed by atoms with van der Waals surface area (Å²) in [6.45, 7) is 7.40. The zero-order chi connectivity index (χ0) is 42.5. The van der Waals surface area contributed by atoms with Gasteiger partial charge in [0.05, 0.1) is 24.1 Å². The summed E-state index contributed by atoms with van der Waals surface area (Å²) in [6, 6.07) is 15.8. The molecular weight excluding hydrogens is 770 g/mol. The van der Waals surface area contributed by atoms with Crippen LogP contribution in [0.3, 0.4) is 0 Å². The van der Waals surface area contributed by atoms with Gasteiger partial charge < -0.3 is 34.5 Å². The molecule has 2 aromatic heterocycles. The van der Waals surface area contributed by atoms with Crippen molar-refractivity contribution in [1.29, 1.82) is 0 Å². The van der Waals surface area contributed by atoms with Gasteiger partial charge in [0.15, 0.2) is 0 Å². The number of nitrogens with one attached hydrogen (secondary N) is 2. The summed E-state index contributed by atoms with van der Waals surface area (Å²) in [7, 11) is 0. The lowest BCUT2D eigenvalue weighted by Crippen LogP contribution is -2.60. The van der Waals surface area contributed by atoms with Crippen LogP contribution in [0.4, 0.5) is 23.7 Å². The Kier molecular flexibility index (Phi) is 13.5.